The molecule has 50 valence electrons. The lowest BCUT2D eigenvalue weighted by Crippen LogP contribution is -2.12. The van der Waals surface area contributed by atoms with Gasteiger partial charge in [-0.15, -0.1) is 0 Å². The fourth-order valence-corrected chi connectivity index (χ4v) is 1.18. The summed E-state index contributed by atoms with van der Waals surface area (Å²) in [6, 6.07) is 0. The first-order chi connectivity index (χ1) is 4.14. The minimum atomic E-state index is -2.74. The first kappa shape index (κ1) is 5.14. The first-order valence-corrected chi connectivity index (χ1v) is 2.68. The quantitative estimate of drug-likeness (QED) is 0.449. The van der Waals surface area contributed by atoms with Crippen molar-refractivity contribution >= 4 is 5.97 Å². The molecule has 1 aliphatic carbocycles. The Bertz CT molecular complexity index is 178. The second kappa shape index (κ2) is 1.10. The van der Waals surface area contributed by atoms with E-state index >= 15 is 0 Å². The fourth-order valence-electron chi connectivity index (χ4n) is 1.18. The highest BCUT2D eigenvalue weighted by molar-refractivity contribution is 5.80. The Hall–Kier alpha value is -0.670. The van der Waals surface area contributed by atoms with Crippen molar-refractivity contribution in [3.63, 3.8) is 0 Å². The molecule has 0 radical (unpaired) electrons. The number of hydrogen-bond acceptors (Lipinski definition) is 2. The summed E-state index contributed by atoms with van der Waals surface area (Å²) in [6.07, 6.45) is 0. The molecular formula is C5H4F2O2. The third kappa shape index (κ3) is 0.418. The van der Waals surface area contributed by atoms with E-state index in [0.717, 1.165) is 0 Å². The van der Waals surface area contributed by atoms with E-state index in [2.05, 4.69) is 4.74 Å². The van der Waals surface area contributed by atoms with Crippen LogP contribution >= 0.6 is 0 Å². The normalized spacial score (nSPS) is 44.0. The number of cyclic esters (lactones) is 1. The van der Waals surface area contributed by atoms with E-state index in [9.17, 15) is 13.6 Å². The van der Waals surface area contributed by atoms with Crippen LogP contribution in [0.2, 0.25) is 0 Å². The summed E-state index contributed by atoms with van der Waals surface area (Å²) in [6.45, 7) is -0.0868. The molecule has 2 aliphatic rings. The molecule has 2 atom stereocenters. The average molecular weight is 134 g/mol. The standard InChI is InChI=1S/C5H4F2O2/c6-5(7)2-1-9-4(8)3(2)5/h2-3H,1H2/t2-,3-/m0/s1. The summed E-state index contributed by atoms with van der Waals surface area (Å²) in [5.41, 5.74) is 0. The van der Waals surface area contributed by atoms with Gasteiger partial charge in [0.15, 0.2) is 0 Å². The minimum absolute atomic E-state index is 0.0868. The van der Waals surface area contributed by atoms with Gasteiger partial charge >= 0.3 is 5.97 Å². The second-order valence-corrected chi connectivity index (χ2v) is 2.39. The summed E-state index contributed by atoms with van der Waals surface area (Å²) >= 11 is 0. The van der Waals surface area contributed by atoms with E-state index in [1.807, 2.05) is 0 Å². The average Bonchev–Trinajstić information content (AvgIpc) is 2.19. The van der Waals surface area contributed by atoms with E-state index < -0.39 is 23.7 Å². The molecule has 0 aromatic carbocycles. The molecule has 0 amide bonds. The topological polar surface area (TPSA) is 26.3 Å². The molecule has 2 rings (SSSR count). The lowest BCUT2D eigenvalue weighted by Gasteiger charge is -1.99. The van der Waals surface area contributed by atoms with Gasteiger partial charge in [0.2, 0.25) is 0 Å². The second-order valence-electron chi connectivity index (χ2n) is 2.39. The molecule has 2 nitrogen and oxygen atoms in total. The van der Waals surface area contributed by atoms with Crippen molar-refractivity contribution < 1.29 is 18.3 Å². The Morgan fingerprint density at radius 3 is 2.56 bits per heavy atom. The van der Waals surface area contributed by atoms with Gasteiger partial charge in [-0.1, -0.05) is 0 Å². The van der Waals surface area contributed by atoms with Crippen molar-refractivity contribution in [2.45, 2.75) is 5.92 Å². The van der Waals surface area contributed by atoms with Crippen molar-refractivity contribution in [3.05, 3.63) is 0 Å². The van der Waals surface area contributed by atoms with Crippen molar-refractivity contribution in [1.29, 1.82) is 0 Å². The maximum Gasteiger partial charge on any atom is 0.315 e. The highest BCUT2D eigenvalue weighted by atomic mass is 19.3. The van der Waals surface area contributed by atoms with Gasteiger partial charge in [0.1, 0.15) is 12.5 Å². The lowest BCUT2D eigenvalue weighted by atomic mass is 10.4. The lowest BCUT2D eigenvalue weighted by molar-refractivity contribution is -0.146. The summed E-state index contributed by atoms with van der Waals surface area (Å²) < 4.78 is 28.7. The van der Waals surface area contributed by atoms with Crippen LogP contribution in [-0.2, 0) is 9.53 Å². The highest BCUT2D eigenvalue weighted by Gasteiger charge is 2.76. The molecule has 1 saturated heterocycles. The number of hydrogen-bond donors (Lipinski definition) is 0. The SMILES string of the molecule is O=C1OC[C@H]2[C@@H]1C2(F)F. The molecule has 0 bridgehead atoms. The molecule has 0 N–H and O–H groups in total. The highest BCUT2D eigenvalue weighted by Crippen LogP contribution is 2.58. The van der Waals surface area contributed by atoms with Gasteiger partial charge in [-0.2, -0.15) is 0 Å². The monoisotopic (exact) mass is 134 g/mol. The zero-order valence-electron chi connectivity index (χ0n) is 4.43. The van der Waals surface area contributed by atoms with Crippen LogP contribution in [0, 0.1) is 11.8 Å². The van der Waals surface area contributed by atoms with Crippen molar-refractivity contribution in [2.24, 2.45) is 11.8 Å². The Kier molecular flexibility index (Phi) is 0.629. The molecule has 1 aliphatic heterocycles. The van der Waals surface area contributed by atoms with Crippen molar-refractivity contribution in [1.82, 2.24) is 0 Å². The maximum absolute atomic E-state index is 12.2. The summed E-state index contributed by atoms with van der Waals surface area (Å²) in [4.78, 5) is 10.3. The van der Waals surface area contributed by atoms with Crippen LogP contribution in [-0.4, -0.2) is 18.5 Å². The van der Waals surface area contributed by atoms with Gasteiger partial charge in [-0.05, 0) is 0 Å². The first-order valence-electron chi connectivity index (χ1n) is 2.68. The number of rotatable bonds is 0. The van der Waals surface area contributed by atoms with Gasteiger partial charge in [-0.3, -0.25) is 4.79 Å². The van der Waals surface area contributed by atoms with E-state index in [4.69, 9.17) is 0 Å². The number of alkyl halides is 2. The Balaban J connectivity index is 2.23. The Labute approximate surface area is 49.8 Å². The van der Waals surface area contributed by atoms with Gasteiger partial charge in [-0.25, -0.2) is 8.78 Å². The number of esters is 1. The predicted molar refractivity (Wildman–Crippen MR) is 22.9 cm³/mol. The Morgan fingerprint density at radius 1 is 1.67 bits per heavy atom. The van der Waals surface area contributed by atoms with Crippen LogP contribution in [0.1, 0.15) is 0 Å². The molecule has 4 heteroatoms. The molecule has 0 aromatic heterocycles. The largest absolute Gasteiger partial charge is 0.465 e. The third-order valence-corrected chi connectivity index (χ3v) is 1.86. The Morgan fingerprint density at radius 2 is 2.33 bits per heavy atom. The molecular weight excluding hydrogens is 130 g/mol. The number of halogens is 2. The number of carbonyl (C=O) groups is 1. The maximum atomic E-state index is 12.2. The zero-order valence-corrected chi connectivity index (χ0v) is 4.43. The van der Waals surface area contributed by atoms with Gasteiger partial charge in [0, 0.05) is 0 Å². The van der Waals surface area contributed by atoms with Gasteiger partial charge < -0.3 is 4.74 Å². The smallest absolute Gasteiger partial charge is 0.315 e. The fraction of sp³-hybridized carbons (Fsp3) is 0.800. The van der Waals surface area contributed by atoms with Crippen LogP contribution in [0.3, 0.4) is 0 Å². The molecule has 0 spiro atoms. The predicted octanol–water partition coefficient (Wildman–Crippen LogP) is 0.425. The van der Waals surface area contributed by atoms with Gasteiger partial charge in [0.05, 0.1) is 5.92 Å². The van der Waals surface area contributed by atoms with Crippen molar-refractivity contribution in [3.8, 4) is 0 Å². The number of ether oxygens (including phenoxy) is 1. The molecule has 1 heterocycles. The number of fused-ring (bicyclic) bond motifs is 1. The van der Waals surface area contributed by atoms with E-state index in [0.29, 0.717) is 0 Å². The summed E-state index contributed by atoms with van der Waals surface area (Å²) in [5, 5.41) is 0. The summed E-state index contributed by atoms with van der Waals surface area (Å²) in [7, 11) is 0. The zero-order chi connectivity index (χ0) is 6.65. The van der Waals surface area contributed by atoms with E-state index in [1.54, 1.807) is 0 Å². The molecule has 0 aromatic rings. The summed E-state index contributed by atoms with van der Waals surface area (Å²) in [5.74, 6) is -5.37. The molecule has 2 fully saturated rings. The number of carbonyl (C=O) groups excluding carboxylic acids is 1. The molecule has 1 saturated carbocycles. The van der Waals surface area contributed by atoms with Crippen LogP contribution < -0.4 is 0 Å². The van der Waals surface area contributed by atoms with Crippen LogP contribution in [0.15, 0.2) is 0 Å². The van der Waals surface area contributed by atoms with E-state index in [-0.39, 0.29) is 6.61 Å². The molecule has 0 unspecified atom stereocenters. The van der Waals surface area contributed by atoms with E-state index in [1.165, 1.54) is 0 Å². The van der Waals surface area contributed by atoms with Crippen LogP contribution in [0.5, 0.6) is 0 Å². The van der Waals surface area contributed by atoms with Crippen LogP contribution in [0.4, 0.5) is 8.78 Å². The molecule has 9 heavy (non-hydrogen) atoms. The van der Waals surface area contributed by atoms with Crippen LogP contribution in [0.25, 0.3) is 0 Å². The third-order valence-electron chi connectivity index (χ3n) is 1.86. The van der Waals surface area contributed by atoms with Gasteiger partial charge in [0.25, 0.3) is 5.92 Å². The minimum Gasteiger partial charge on any atom is -0.465 e. The van der Waals surface area contributed by atoms with Crippen molar-refractivity contribution in [2.75, 3.05) is 6.61 Å².